The number of anilines is 1. The van der Waals surface area contributed by atoms with Gasteiger partial charge in [0.2, 0.25) is 5.91 Å². The topological polar surface area (TPSA) is 29.1 Å². The fourth-order valence-corrected chi connectivity index (χ4v) is 3.61. The van der Waals surface area contributed by atoms with Gasteiger partial charge in [-0.05, 0) is 49.1 Å². The zero-order valence-electron chi connectivity index (χ0n) is 11.6. The molecule has 1 heterocycles. The SMILES string of the molecule is Cc1ccc(C)c(NC(=O)[C@@H]2Cc3ccccc3S2)c1. The van der Waals surface area contributed by atoms with Gasteiger partial charge in [-0.1, -0.05) is 30.3 Å². The lowest BCUT2D eigenvalue weighted by Gasteiger charge is -2.12. The minimum Gasteiger partial charge on any atom is -0.325 e. The van der Waals surface area contributed by atoms with Crippen LogP contribution in [0.5, 0.6) is 0 Å². The molecule has 1 N–H and O–H groups in total. The molecular formula is C17H17NOS. The summed E-state index contributed by atoms with van der Waals surface area (Å²) in [6.07, 6.45) is 0.817. The highest BCUT2D eigenvalue weighted by Crippen LogP contribution is 2.37. The van der Waals surface area contributed by atoms with Gasteiger partial charge in [-0.25, -0.2) is 0 Å². The Hall–Kier alpha value is -1.74. The highest BCUT2D eigenvalue weighted by Gasteiger charge is 2.28. The van der Waals surface area contributed by atoms with Gasteiger partial charge in [-0.2, -0.15) is 0 Å². The van der Waals surface area contributed by atoms with Gasteiger partial charge in [0.15, 0.2) is 0 Å². The van der Waals surface area contributed by atoms with Crippen molar-refractivity contribution in [3.63, 3.8) is 0 Å². The Morgan fingerprint density at radius 2 is 2.00 bits per heavy atom. The first kappa shape index (κ1) is 13.3. The van der Waals surface area contributed by atoms with Crippen molar-refractivity contribution < 1.29 is 4.79 Å². The maximum Gasteiger partial charge on any atom is 0.238 e. The molecule has 0 aliphatic carbocycles. The van der Waals surface area contributed by atoms with Crippen LogP contribution in [-0.2, 0) is 11.2 Å². The van der Waals surface area contributed by atoms with Crippen LogP contribution in [0.2, 0.25) is 0 Å². The first-order valence-electron chi connectivity index (χ1n) is 6.76. The number of hydrogen-bond donors (Lipinski definition) is 1. The van der Waals surface area contributed by atoms with E-state index in [0.29, 0.717) is 0 Å². The number of nitrogens with one attached hydrogen (secondary N) is 1. The van der Waals surface area contributed by atoms with Crippen molar-refractivity contribution >= 4 is 23.4 Å². The first-order valence-corrected chi connectivity index (χ1v) is 7.64. The second-order valence-electron chi connectivity index (χ2n) is 5.23. The fourth-order valence-electron chi connectivity index (χ4n) is 2.41. The van der Waals surface area contributed by atoms with Crippen molar-refractivity contribution in [1.29, 1.82) is 0 Å². The third-order valence-electron chi connectivity index (χ3n) is 3.59. The summed E-state index contributed by atoms with van der Waals surface area (Å²) in [7, 11) is 0. The summed E-state index contributed by atoms with van der Waals surface area (Å²) in [6.45, 7) is 4.06. The van der Waals surface area contributed by atoms with Gasteiger partial charge in [-0.15, -0.1) is 11.8 Å². The van der Waals surface area contributed by atoms with E-state index in [1.165, 1.54) is 10.5 Å². The predicted molar refractivity (Wildman–Crippen MR) is 84.3 cm³/mol. The standard InChI is InChI=1S/C17H17NOS/c1-11-7-8-12(2)14(9-11)18-17(19)16-10-13-5-3-4-6-15(13)20-16/h3-9,16H,10H2,1-2H3,(H,18,19)/t16-/m0/s1. The molecule has 2 aromatic rings. The summed E-state index contributed by atoms with van der Waals surface area (Å²) in [5.41, 5.74) is 4.46. The first-order chi connectivity index (χ1) is 9.63. The summed E-state index contributed by atoms with van der Waals surface area (Å²) in [6, 6.07) is 14.4. The van der Waals surface area contributed by atoms with Gasteiger partial charge >= 0.3 is 0 Å². The van der Waals surface area contributed by atoms with E-state index in [9.17, 15) is 4.79 Å². The van der Waals surface area contributed by atoms with E-state index < -0.39 is 0 Å². The van der Waals surface area contributed by atoms with Crippen LogP contribution >= 0.6 is 11.8 Å². The molecule has 2 nitrogen and oxygen atoms in total. The second kappa shape index (κ2) is 5.33. The lowest BCUT2D eigenvalue weighted by molar-refractivity contribution is -0.115. The predicted octanol–water partition coefficient (Wildman–Crippen LogP) is 3.96. The molecule has 1 aliphatic rings. The molecule has 3 heteroatoms. The van der Waals surface area contributed by atoms with E-state index in [1.54, 1.807) is 11.8 Å². The number of fused-ring (bicyclic) bond motifs is 1. The van der Waals surface area contributed by atoms with Crippen molar-refractivity contribution in [2.24, 2.45) is 0 Å². The van der Waals surface area contributed by atoms with Crippen molar-refractivity contribution in [3.05, 3.63) is 59.2 Å². The van der Waals surface area contributed by atoms with Crippen LogP contribution in [-0.4, -0.2) is 11.2 Å². The van der Waals surface area contributed by atoms with Crippen LogP contribution in [0, 0.1) is 13.8 Å². The van der Waals surface area contributed by atoms with Crippen molar-refractivity contribution in [3.8, 4) is 0 Å². The Labute approximate surface area is 123 Å². The molecule has 0 saturated heterocycles. The monoisotopic (exact) mass is 283 g/mol. The number of amides is 1. The smallest absolute Gasteiger partial charge is 0.238 e. The molecule has 0 unspecified atom stereocenters. The van der Waals surface area contributed by atoms with Crippen LogP contribution in [0.4, 0.5) is 5.69 Å². The number of aryl methyl sites for hydroxylation is 2. The summed E-state index contributed by atoms with van der Waals surface area (Å²) in [4.78, 5) is 13.6. The number of rotatable bonds is 2. The van der Waals surface area contributed by atoms with Crippen LogP contribution in [0.25, 0.3) is 0 Å². The molecule has 0 saturated carbocycles. The van der Waals surface area contributed by atoms with E-state index in [2.05, 4.69) is 23.5 Å². The largest absolute Gasteiger partial charge is 0.325 e. The molecule has 2 aromatic carbocycles. The van der Waals surface area contributed by atoms with Gasteiger partial charge in [0.1, 0.15) is 0 Å². The minimum absolute atomic E-state index is 0.0210. The number of benzene rings is 2. The summed E-state index contributed by atoms with van der Waals surface area (Å²) < 4.78 is 0. The lowest BCUT2D eigenvalue weighted by Crippen LogP contribution is -2.25. The quantitative estimate of drug-likeness (QED) is 0.904. The molecule has 0 bridgehead atoms. The van der Waals surface area contributed by atoms with E-state index in [0.717, 1.165) is 23.2 Å². The van der Waals surface area contributed by atoms with Crippen LogP contribution in [0.3, 0.4) is 0 Å². The third-order valence-corrected chi connectivity index (χ3v) is 4.91. The number of carbonyl (C=O) groups is 1. The highest BCUT2D eigenvalue weighted by atomic mass is 32.2. The number of hydrogen-bond acceptors (Lipinski definition) is 2. The maximum atomic E-state index is 12.4. The average Bonchev–Trinajstić information content (AvgIpc) is 2.87. The number of carbonyl (C=O) groups excluding carboxylic acids is 1. The summed E-state index contributed by atoms with van der Waals surface area (Å²) in [5.74, 6) is 0.0971. The van der Waals surface area contributed by atoms with Gasteiger partial charge < -0.3 is 5.32 Å². The van der Waals surface area contributed by atoms with E-state index in [1.807, 2.05) is 38.1 Å². The minimum atomic E-state index is -0.0210. The Bertz CT molecular complexity index is 641. The van der Waals surface area contributed by atoms with E-state index in [4.69, 9.17) is 0 Å². The molecule has 1 atom stereocenters. The Balaban J connectivity index is 1.74. The van der Waals surface area contributed by atoms with Crippen molar-refractivity contribution in [1.82, 2.24) is 0 Å². The van der Waals surface area contributed by atoms with Gasteiger partial charge in [0.05, 0.1) is 5.25 Å². The molecule has 0 spiro atoms. The number of thioether (sulfide) groups is 1. The van der Waals surface area contributed by atoms with E-state index >= 15 is 0 Å². The van der Waals surface area contributed by atoms with Crippen LogP contribution < -0.4 is 5.32 Å². The highest BCUT2D eigenvalue weighted by molar-refractivity contribution is 8.01. The molecule has 0 radical (unpaired) electrons. The van der Waals surface area contributed by atoms with Crippen LogP contribution in [0.1, 0.15) is 16.7 Å². The average molecular weight is 283 g/mol. The maximum absolute atomic E-state index is 12.4. The van der Waals surface area contributed by atoms with Crippen LogP contribution in [0.15, 0.2) is 47.4 Å². The molecule has 102 valence electrons. The van der Waals surface area contributed by atoms with Gasteiger partial charge in [0.25, 0.3) is 0 Å². The van der Waals surface area contributed by atoms with Gasteiger partial charge in [-0.3, -0.25) is 4.79 Å². The molecular weight excluding hydrogens is 266 g/mol. The molecule has 1 amide bonds. The molecule has 1 aliphatic heterocycles. The zero-order chi connectivity index (χ0) is 14.1. The Morgan fingerprint density at radius 3 is 2.80 bits per heavy atom. The van der Waals surface area contributed by atoms with Crippen molar-refractivity contribution in [2.45, 2.75) is 30.4 Å². The summed E-state index contributed by atoms with van der Waals surface area (Å²) in [5, 5.41) is 3.05. The normalized spacial score (nSPS) is 16.8. The second-order valence-corrected chi connectivity index (χ2v) is 6.47. The molecule has 3 rings (SSSR count). The fraction of sp³-hybridized carbons (Fsp3) is 0.235. The van der Waals surface area contributed by atoms with E-state index in [-0.39, 0.29) is 11.2 Å². The van der Waals surface area contributed by atoms with Gasteiger partial charge in [0, 0.05) is 10.6 Å². The Morgan fingerprint density at radius 1 is 1.20 bits per heavy atom. The zero-order valence-corrected chi connectivity index (χ0v) is 12.5. The third kappa shape index (κ3) is 2.59. The molecule has 20 heavy (non-hydrogen) atoms. The lowest BCUT2D eigenvalue weighted by atomic mass is 10.1. The molecule has 0 fully saturated rings. The van der Waals surface area contributed by atoms with Crippen molar-refractivity contribution in [2.75, 3.05) is 5.32 Å². The Kier molecular flexibility index (Phi) is 3.53. The molecule has 0 aromatic heterocycles. The summed E-state index contributed by atoms with van der Waals surface area (Å²) >= 11 is 1.66.